The third-order valence-electron chi connectivity index (χ3n) is 5.04. The molecular formula is C21H20N6OS2. The molecule has 5 rings (SSSR count). The van der Waals surface area contributed by atoms with E-state index in [1.807, 2.05) is 43.3 Å². The van der Waals surface area contributed by atoms with Crippen molar-refractivity contribution >= 4 is 50.6 Å². The molecule has 0 unspecified atom stereocenters. The third-order valence-corrected chi connectivity index (χ3v) is 7.10. The van der Waals surface area contributed by atoms with Crippen LogP contribution in [0.15, 0.2) is 47.8 Å². The van der Waals surface area contributed by atoms with Gasteiger partial charge in [0.25, 0.3) is 0 Å². The number of fused-ring (bicyclic) bond motifs is 1. The monoisotopic (exact) mass is 436 g/mol. The zero-order chi connectivity index (χ0) is 20.7. The average molecular weight is 437 g/mol. The Morgan fingerprint density at radius 3 is 2.87 bits per heavy atom. The number of thiophene rings is 1. The molecule has 3 aromatic heterocycles. The number of carbonyl (C=O) groups is 1. The summed E-state index contributed by atoms with van der Waals surface area (Å²) in [6, 6.07) is 12.0. The van der Waals surface area contributed by atoms with E-state index >= 15 is 0 Å². The lowest BCUT2D eigenvalue weighted by Gasteiger charge is -2.09. The number of aryl methyl sites for hydroxylation is 1. The molecular weight excluding hydrogens is 416 g/mol. The predicted molar refractivity (Wildman–Crippen MR) is 122 cm³/mol. The summed E-state index contributed by atoms with van der Waals surface area (Å²) in [5.41, 5.74) is 8.96. The molecule has 3 heterocycles. The fraction of sp³-hybridized carbons (Fsp3) is 0.238. The molecule has 152 valence electrons. The molecule has 4 aromatic rings. The molecule has 1 saturated carbocycles. The van der Waals surface area contributed by atoms with Crippen LogP contribution in [0.25, 0.3) is 20.9 Å². The normalized spacial score (nSPS) is 13.6. The van der Waals surface area contributed by atoms with Crippen LogP contribution in [0.3, 0.4) is 0 Å². The molecule has 1 aliphatic carbocycles. The number of benzene rings is 1. The Hall–Kier alpha value is -2.91. The molecule has 3 N–H and O–H groups in total. The highest BCUT2D eigenvalue weighted by Crippen LogP contribution is 2.45. The summed E-state index contributed by atoms with van der Waals surface area (Å²) in [7, 11) is 0. The number of hydrogen-bond donors (Lipinski definition) is 2. The lowest BCUT2D eigenvalue weighted by molar-refractivity contribution is -0.113. The quantitative estimate of drug-likeness (QED) is 0.432. The van der Waals surface area contributed by atoms with E-state index in [2.05, 4.69) is 25.1 Å². The van der Waals surface area contributed by atoms with Gasteiger partial charge in [-0.15, -0.1) is 21.5 Å². The van der Waals surface area contributed by atoms with Crippen LogP contribution >= 0.6 is 23.1 Å². The average Bonchev–Trinajstić information content (AvgIpc) is 3.42. The molecule has 0 radical (unpaired) electrons. The van der Waals surface area contributed by atoms with E-state index in [1.165, 1.54) is 23.1 Å². The maximum Gasteiger partial charge on any atom is 0.234 e. The number of nitrogens with zero attached hydrogens (tertiary/aromatic N) is 4. The molecule has 30 heavy (non-hydrogen) atoms. The topological polar surface area (TPSA) is 98.7 Å². The number of nitrogens with one attached hydrogen (secondary N) is 1. The highest BCUT2D eigenvalue weighted by atomic mass is 32.2. The second-order valence-electron chi connectivity index (χ2n) is 7.26. The summed E-state index contributed by atoms with van der Waals surface area (Å²) in [5.74, 6) is 0.967. The van der Waals surface area contributed by atoms with Crippen molar-refractivity contribution in [2.24, 2.45) is 0 Å². The number of aromatic nitrogens is 4. The van der Waals surface area contributed by atoms with E-state index < -0.39 is 0 Å². The second-order valence-corrected chi connectivity index (χ2v) is 9.20. The summed E-state index contributed by atoms with van der Waals surface area (Å²) < 4.78 is 2.13. The maximum atomic E-state index is 12.5. The summed E-state index contributed by atoms with van der Waals surface area (Å²) in [4.78, 5) is 18.7. The minimum absolute atomic E-state index is 0.0632. The number of thioether (sulfide) groups is 1. The zero-order valence-electron chi connectivity index (χ0n) is 16.3. The van der Waals surface area contributed by atoms with Crippen molar-refractivity contribution < 1.29 is 4.79 Å². The zero-order valence-corrected chi connectivity index (χ0v) is 18.0. The number of rotatable bonds is 6. The van der Waals surface area contributed by atoms with Gasteiger partial charge in [-0.3, -0.25) is 9.36 Å². The number of pyridine rings is 1. The first kappa shape index (κ1) is 19.1. The first-order valence-corrected chi connectivity index (χ1v) is 11.5. The van der Waals surface area contributed by atoms with Crippen molar-refractivity contribution in [3.8, 4) is 10.7 Å². The van der Waals surface area contributed by atoms with Crippen LogP contribution in [0, 0.1) is 6.92 Å². The number of para-hydroxylation sites is 1. The van der Waals surface area contributed by atoms with E-state index in [1.54, 1.807) is 6.20 Å². The van der Waals surface area contributed by atoms with Crippen molar-refractivity contribution in [1.82, 2.24) is 19.7 Å². The number of carbonyl (C=O) groups excluding carboxylic acids is 1. The van der Waals surface area contributed by atoms with Gasteiger partial charge in [-0.2, -0.15) is 0 Å². The molecule has 1 aliphatic rings. The largest absolute Gasteiger partial charge is 0.397 e. The van der Waals surface area contributed by atoms with Crippen LogP contribution in [0.2, 0.25) is 0 Å². The van der Waals surface area contributed by atoms with Gasteiger partial charge in [-0.25, -0.2) is 4.98 Å². The molecule has 0 bridgehead atoms. The van der Waals surface area contributed by atoms with Gasteiger partial charge < -0.3 is 11.1 Å². The predicted octanol–water partition coefficient (Wildman–Crippen LogP) is 4.51. The maximum absolute atomic E-state index is 12.5. The fourth-order valence-corrected chi connectivity index (χ4v) is 5.19. The number of nitrogen functional groups attached to an aromatic ring is 1. The van der Waals surface area contributed by atoms with Crippen molar-refractivity contribution in [2.75, 3.05) is 16.8 Å². The molecule has 1 aromatic carbocycles. The number of anilines is 2. The van der Waals surface area contributed by atoms with Crippen LogP contribution in [-0.2, 0) is 4.79 Å². The third kappa shape index (κ3) is 3.54. The van der Waals surface area contributed by atoms with Crippen LogP contribution in [-0.4, -0.2) is 31.4 Å². The minimum Gasteiger partial charge on any atom is -0.397 e. The molecule has 7 nitrogen and oxygen atoms in total. The molecule has 1 amide bonds. The minimum atomic E-state index is -0.0632. The molecule has 1 fully saturated rings. The van der Waals surface area contributed by atoms with Crippen molar-refractivity contribution in [3.05, 3.63) is 48.2 Å². The molecule has 0 atom stereocenters. The van der Waals surface area contributed by atoms with Gasteiger partial charge in [0, 0.05) is 23.3 Å². The molecule has 0 saturated heterocycles. The Morgan fingerprint density at radius 2 is 2.10 bits per heavy atom. The van der Waals surface area contributed by atoms with E-state index in [4.69, 9.17) is 5.73 Å². The van der Waals surface area contributed by atoms with Gasteiger partial charge in [-0.05, 0) is 43.5 Å². The van der Waals surface area contributed by atoms with E-state index in [-0.39, 0.29) is 11.7 Å². The lowest BCUT2D eigenvalue weighted by atomic mass is 10.2. The summed E-state index contributed by atoms with van der Waals surface area (Å²) >= 11 is 2.93. The molecule has 0 aliphatic heterocycles. The first-order valence-electron chi connectivity index (χ1n) is 9.68. The van der Waals surface area contributed by atoms with Gasteiger partial charge in [0.15, 0.2) is 11.0 Å². The Balaban J connectivity index is 1.39. The second kappa shape index (κ2) is 7.73. The smallest absolute Gasteiger partial charge is 0.234 e. The Bertz CT molecular complexity index is 1240. The Labute approximate surface area is 181 Å². The molecule has 0 spiro atoms. The van der Waals surface area contributed by atoms with Crippen molar-refractivity contribution in [2.45, 2.75) is 31.0 Å². The van der Waals surface area contributed by atoms with E-state index in [0.717, 1.165) is 50.2 Å². The number of amides is 1. The van der Waals surface area contributed by atoms with Crippen LogP contribution in [0.5, 0.6) is 0 Å². The first-order chi connectivity index (χ1) is 14.6. The Kier molecular flexibility index (Phi) is 4.92. The van der Waals surface area contributed by atoms with Crippen molar-refractivity contribution in [1.29, 1.82) is 0 Å². The van der Waals surface area contributed by atoms with Gasteiger partial charge >= 0.3 is 0 Å². The SMILES string of the molecule is Cc1ccccc1NC(=O)CSc1nnc(-c2sc3ncccc3c2N)n1C1CC1. The fourth-order valence-electron chi connectivity index (χ4n) is 3.34. The highest BCUT2D eigenvalue weighted by Gasteiger charge is 2.32. The highest BCUT2D eigenvalue weighted by molar-refractivity contribution is 7.99. The standard InChI is InChI=1S/C21H20N6OS2/c1-12-5-2-3-7-15(12)24-16(28)11-29-21-26-25-19(27(21)13-8-9-13)18-17(22)14-6-4-10-23-20(14)30-18/h2-7,10,13H,8-9,11,22H2,1H3,(H,24,28). The van der Waals surface area contributed by atoms with Gasteiger partial charge in [0.05, 0.1) is 16.3 Å². The van der Waals surface area contributed by atoms with Crippen LogP contribution < -0.4 is 11.1 Å². The van der Waals surface area contributed by atoms with Crippen LogP contribution in [0.4, 0.5) is 11.4 Å². The van der Waals surface area contributed by atoms with E-state index in [0.29, 0.717) is 11.7 Å². The van der Waals surface area contributed by atoms with Crippen molar-refractivity contribution in [3.63, 3.8) is 0 Å². The summed E-state index contributed by atoms with van der Waals surface area (Å²) in [6.07, 6.45) is 3.93. The summed E-state index contributed by atoms with van der Waals surface area (Å²) in [5, 5.41) is 13.5. The lowest BCUT2D eigenvalue weighted by Crippen LogP contribution is -2.15. The van der Waals surface area contributed by atoms with Gasteiger partial charge in [0.2, 0.25) is 5.91 Å². The van der Waals surface area contributed by atoms with Gasteiger partial charge in [-0.1, -0.05) is 30.0 Å². The Morgan fingerprint density at radius 1 is 1.27 bits per heavy atom. The van der Waals surface area contributed by atoms with Gasteiger partial charge in [0.1, 0.15) is 4.83 Å². The number of nitrogens with two attached hydrogens (primary N) is 1. The van der Waals surface area contributed by atoms with E-state index in [9.17, 15) is 4.79 Å². The molecule has 9 heteroatoms. The number of hydrogen-bond acceptors (Lipinski definition) is 7. The summed E-state index contributed by atoms with van der Waals surface area (Å²) in [6.45, 7) is 1.98. The van der Waals surface area contributed by atoms with Crippen LogP contribution in [0.1, 0.15) is 24.4 Å².